The molecule has 2 aromatic carbocycles. The molecule has 0 aliphatic carbocycles. The molecule has 0 atom stereocenters. The Kier molecular flexibility index (Phi) is 5.03. The SMILES string of the molecule is Brc1ccccc1/C=N\n1cnnc1SCc1ccccc1. The summed E-state index contributed by atoms with van der Waals surface area (Å²) in [6.45, 7) is 0. The minimum absolute atomic E-state index is 0.771. The Morgan fingerprint density at radius 1 is 1.09 bits per heavy atom. The summed E-state index contributed by atoms with van der Waals surface area (Å²) in [7, 11) is 0. The van der Waals surface area contributed by atoms with Crippen molar-refractivity contribution in [1.29, 1.82) is 0 Å². The number of hydrogen-bond acceptors (Lipinski definition) is 4. The molecule has 0 amide bonds. The molecule has 3 aromatic rings. The topological polar surface area (TPSA) is 43.1 Å². The lowest BCUT2D eigenvalue weighted by molar-refractivity contribution is 0.767. The molecule has 0 aliphatic heterocycles. The fourth-order valence-corrected chi connectivity index (χ4v) is 3.03. The van der Waals surface area contributed by atoms with Crippen molar-refractivity contribution in [3.8, 4) is 0 Å². The fourth-order valence-electron chi connectivity index (χ4n) is 1.82. The molecule has 0 saturated carbocycles. The summed E-state index contributed by atoms with van der Waals surface area (Å²) in [6, 6.07) is 18.2. The zero-order chi connectivity index (χ0) is 15.2. The minimum Gasteiger partial charge on any atom is -0.195 e. The van der Waals surface area contributed by atoms with Crippen molar-refractivity contribution >= 4 is 33.9 Å². The highest BCUT2D eigenvalue weighted by Crippen LogP contribution is 2.20. The van der Waals surface area contributed by atoms with Crippen LogP contribution in [0.2, 0.25) is 0 Å². The molecule has 3 rings (SSSR count). The third-order valence-corrected chi connectivity index (χ3v) is 4.66. The van der Waals surface area contributed by atoms with Crippen LogP contribution in [-0.2, 0) is 5.75 Å². The number of benzene rings is 2. The largest absolute Gasteiger partial charge is 0.212 e. The zero-order valence-electron chi connectivity index (χ0n) is 11.6. The Hall–Kier alpha value is -1.92. The summed E-state index contributed by atoms with van der Waals surface area (Å²) in [5, 5.41) is 13.2. The zero-order valence-corrected chi connectivity index (χ0v) is 14.0. The standard InChI is InChI=1S/C16H13BrN4S/c17-15-9-5-4-8-14(15)10-19-21-12-18-20-16(21)22-11-13-6-2-1-3-7-13/h1-10,12H,11H2/b19-10-. The molecular weight excluding hydrogens is 360 g/mol. The molecule has 0 spiro atoms. The highest BCUT2D eigenvalue weighted by Gasteiger charge is 2.04. The van der Waals surface area contributed by atoms with Crippen LogP contribution in [0.4, 0.5) is 0 Å². The second-order valence-electron chi connectivity index (χ2n) is 4.50. The van der Waals surface area contributed by atoms with E-state index in [0.717, 1.165) is 20.9 Å². The van der Waals surface area contributed by atoms with E-state index in [1.165, 1.54) is 5.56 Å². The maximum absolute atomic E-state index is 4.43. The van der Waals surface area contributed by atoms with Gasteiger partial charge >= 0.3 is 0 Å². The minimum atomic E-state index is 0.771. The van der Waals surface area contributed by atoms with Gasteiger partial charge in [0.25, 0.3) is 0 Å². The van der Waals surface area contributed by atoms with E-state index in [9.17, 15) is 0 Å². The van der Waals surface area contributed by atoms with E-state index < -0.39 is 0 Å². The smallest absolute Gasteiger partial charge is 0.195 e. The first kappa shape index (κ1) is 15.0. The van der Waals surface area contributed by atoms with Crippen LogP contribution in [0, 0.1) is 0 Å². The highest BCUT2D eigenvalue weighted by atomic mass is 79.9. The van der Waals surface area contributed by atoms with Gasteiger partial charge in [0.1, 0.15) is 6.33 Å². The van der Waals surface area contributed by atoms with Gasteiger partial charge in [-0.2, -0.15) is 9.78 Å². The van der Waals surface area contributed by atoms with Crippen LogP contribution in [0.25, 0.3) is 0 Å². The van der Waals surface area contributed by atoms with E-state index in [4.69, 9.17) is 0 Å². The van der Waals surface area contributed by atoms with Crippen molar-refractivity contribution in [2.24, 2.45) is 5.10 Å². The summed E-state index contributed by atoms with van der Waals surface area (Å²) in [5.74, 6) is 0.837. The molecule has 0 aliphatic rings. The monoisotopic (exact) mass is 372 g/mol. The second kappa shape index (κ2) is 7.38. The van der Waals surface area contributed by atoms with Gasteiger partial charge in [-0.1, -0.05) is 76.2 Å². The maximum Gasteiger partial charge on any atom is 0.212 e. The molecule has 0 saturated heterocycles. The van der Waals surface area contributed by atoms with Crippen molar-refractivity contribution in [3.05, 3.63) is 76.5 Å². The van der Waals surface area contributed by atoms with Crippen molar-refractivity contribution in [2.45, 2.75) is 10.9 Å². The molecular formula is C16H13BrN4S. The van der Waals surface area contributed by atoms with Gasteiger partial charge in [0, 0.05) is 15.8 Å². The lowest BCUT2D eigenvalue weighted by Gasteiger charge is -2.01. The van der Waals surface area contributed by atoms with Crippen molar-refractivity contribution in [2.75, 3.05) is 0 Å². The number of thioether (sulfide) groups is 1. The number of nitrogens with zero attached hydrogens (tertiary/aromatic N) is 4. The molecule has 1 aromatic heterocycles. The van der Waals surface area contributed by atoms with E-state index in [1.807, 2.05) is 42.5 Å². The van der Waals surface area contributed by atoms with Crippen LogP contribution in [0.5, 0.6) is 0 Å². The van der Waals surface area contributed by atoms with Crippen LogP contribution in [0.15, 0.2) is 75.7 Å². The summed E-state index contributed by atoms with van der Waals surface area (Å²) in [4.78, 5) is 0. The predicted octanol–water partition coefficient (Wildman–Crippen LogP) is 4.22. The maximum atomic E-state index is 4.43. The lowest BCUT2D eigenvalue weighted by atomic mass is 10.2. The Morgan fingerprint density at radius 3 is 2.68 bits per heavy atom. The van der Waals surface area contributed by atoms with Gasteiger partial charge in [0.05, 0.1) is 6.21 Å². The lowest BCUT2D eigenvalue weighted by Crippen LogP contribution is -1.93. The molecule has 0 N–H and O–H groups in total. The molecule has 0 fully saturated rings. The number of hydrogen-bond donors (Lipinski definition) is 0. The Labute approximate surface area is 141 Å². The molecule has 22 heavy (non-hydrogen) atoms. The molecule has 6 heteroatoms. The Balaban J connectivity index is 1.71. The molecule has 4 nitrogen and oxygen atoms in total. The van der Waals surface area contributed by atoms with Crippen LogP contribution >= 0.6 is 27.7 Å². The van der Waals surface area contributed by atoms with E-state index in [-0.39, 0.29) is 0 Å². The summed E-state index contributed by atoms with van der Waals surface area (Å²) < 4.78 is 2.69. The first-order chi connectivity index (χ1) is 10.8. The summed E-state index contributed by atoms with van der Waals surface area (Å²) in [6.07, 6.45) is 3.40. The van der Waals surface area contributed by atoms with E-state index in [2.05, 4.69) is 43.4 Å². The molecule has 1 heterocycles. The Morgan fingerprint density at radius 2 is 1.86 bits per heavy atom. The second-order valence-corrected chi connectivity index (χ2v) is 6.30. The fraction of sp³-hybridized carbons (Fsp3) is 0.0625. The van der Waals surface area contributed by atoms with Crippen LogP contribution in [-0.4, -0.2) is 21.1 Å². The quantitative estimate of drug-likeness (QED) is 0.497. The van der Waals surface area contributed by atoms with Gasteiger partial charge in [0.2, 0.25) is 5.16 Å². The van der Waals surface area contributed by atoms with Crippen LogP contribution in [0.1, 0.15) is 11.1 Å². The van der Waals surface area contributed by atoms with Crippen molar-refractivity contribution < 1.29 is 0 Å². The van der Waals surface area contributed by atoms with Crippen molar-refractivity contribution in [1.82, 2.24) is 14.9 Å². The van der Waals surface area contributed by atoms with Crippen molar-refractivity contribution in [3.63, 3.8) is 0 Å². The predicted molar refractivity (Wildman–Crippen MR) is 93.2 cm³/mol. The van der Waals surface area contributed by atoms with E-state index >= 15 is 0 Å². The number of halogens is 1. The summed E-state index contributed by atoms with van der Waals surface area (Å²) in [5.41, 5.74) is 2.26. The molecule has 0 radical (unpaired) electrons. The first-order valence-corrected chi connectivity index (χ1v) is 8.46. The Bertz CT molecular complexity index is 771. The van der Waals surface area contributed by atoms with Gasteiger partial charge in [-0.05, 0) is 11.6 Å². The average molecular weight is 373 g/mol. The average Bonchev–Trinajstić information content (AvgIpc) is 3.01. The normalized spacial score (nSPS) is 11.1. The van der Waals surface area contributed by atoms with Gasteiger partial charge in [-0.3, -0.25) is 0 Å². The third-order valence-electron chi connectivity index (χ3n) is 2.94. The number of aromatic nitrogens is 3. The van der Waals surface area contributed by atoms with Crippen LogP contribution in [0.3, 0.4) is 0 Å². The number of rotatable bonds is 5. The van der Waals surface area contributed by atoms with Crippen LogP contribution < -0.4 is 0 Å². The van der Waals surface area contributed by atoms with Gasteiger partial charge < -0.3 is 0 Å². The van der Waals surface area contributed by atoms with Gasteiger partial charge in [-0.25, -0.2) is 0 Å². The third kappa shape index (κ3) is 3.84. The molecule has 110 valence electrons. The van der Waals surface area contributed by atoms with E-state index in [1.54, 1.807) is 29.0 Å². The molecule has 0 unspecified atom stereocenters. The van der Waals surface area contributed by atoms with Gasteiger partial charge in [-0.15, -0.1) is 10.2 Å². The summed E-state index contributed by atoms with van der Waals surface area (Å²) >= 11 is 5.11. The highest BCUT2D eigenvalue weighted by molar-refractivity contribution is 9.10. The van der Waals surface area contributed by atoms with E-state index in [0.29, 0.717) is 0 Å². The first-order valence-electron chi connectivity index (χ1n) is 6.68. The van der Waals surface area contributed by atoms with Gasteiger partial charge in [0.15, 0.2) is 0 Å². The molecule has 0 bridgehead atoms.